The van der Waals surface area contributed by atoms with Crippen LogP contribution >= 0.6 is 0 Å². The smallest absolute Gasteiger partial charge is 0.0719 e. The van der Waals surface area contributed by atoms with Crippen molar-refractivity contribution in [2.45, 2.75) is 124 Å². The standard InChI is InChI=1S/C64H65N/c1-60(2,3)41-25-30-49-50-31-26-42(61(4,5)6)36-56(50)64(55(49)35-41)57-37-43(62(7,8)9)27-32-51(57)52-34-29-45(39-58(52)64)65(59-24-18-16-21-46(59)40-19-13-12-14-20-40)44-28-33-48-47-22-15-17-23-53(47)63(10,11)54(48)38-44/h12-25,27-28,30,32-33,35-39H,26,29,31,34H2,1-11H3. The summed E-state index contributed by atoms with van der Waals surface area (Å²) in [6, 6.07) is 51.6. The zero-order valence-electron chi connectivity index (χ0n) is 40.6. The van der Waals surface area contributed by atoms with Gasteiger partial charge in [0.2, 0.25) is 0 Å². The van der Waals surface area contributed by atoms with E-state index in [0.717, 1.165) is 25.7 Å². The molecule has 326 valence electrons. The summed E-state index contributed by atoms with van der Waals surface area (Å²) < 4.78 is 0. The first-order chi connectivity index (χ1) is 30.9. The maximum atomic E-state index is 2.69. The van der Waals surface area contributed by atoms with E-state index in [1.54, 1.807) is 11.1 Å². The Morgan fingerprint density at radius 2 is 0.969 bits per heavy atom. The molecule has 0 aliphatic heterocycles. The van der Waals surface area contributed by atoms with Gasteiger partial charge in [0.25, 0.3) is 0 Å². The zero-order chi connectivity index (χ0) is 45.4. The predicted molar refractivity (Wildman–Crippen MR) is 277 cm³/mol. The minimum atomic E-state index is -0.438. The van der Waals surface area contributed by atoms with E-state index in [0.29, 0.717) is 0 Å². The maximum absolute atomic E-state index is 2.69. The molecule has 0 fully saturated rings. The van der Waals surface area contributed by atoms with Crippen LogP contribution in [0.2, 0.25) is 0 Å². The van der Waals surface area contributed by atoms with Crippen molar-refractivity contribution in [1.29, 1.82) is 0 Å². The van der Waals surface area contributed by atoms with Crippen molar-refractivity contribution >= 4 is 22.5 Å². The molecule has 0 bridgehead atoms. The number of rotatable bonds is 4. The lowest BCUT2D eigenvalue weighted by Crippen LogP contribution is -2.31. The van der Waals surface area contributed by atoms with Crippen LogP contribution in [0.4, 0.5) is 11.4 Å². The van der Waals surface area contributed by atoms with Gasteiger partial charge in [-0.15, -0.1) is 0 Å². The second-order valence-electron chi connectivity index (χ2n) is 23.2. The Kier molecular flexibility index (Phi) is 9.18. The summed E-state index contributed by atoms with van der Waals surface area (Å²) >= 11 is 0. The molecule has 6 aromatic rings. The lowest BCUT2D eigenvalue weighted by molar-refractivity contribution is 0.480. The summed E-state index contributed by atoms with van der Waals surface area (Å²) in [5.74, 6) is 0. The van der Waals surface area contributed by atoms with Gasteiger partial charge in [-0.3, -0.25) is 0 Å². The number of benzene rings is 6. The molecule has 1 unspecified atom stereocenters. The minimum Gasteiger partial charge on any atom is -0.314 e. The first-order valence-electron chi connectivity index (χ1n) is 24.3. The third-order valence-electron chi connectivity index (χ3n) is 15.9. The minimum absolute atomic E-state index is 0.00411. The van der Waals surface area contributed by atoms with Gasteiger partial charge in [-0.25, -0.2) is 0 Å². The van der Waals surface area contributed by atoms with Crippen LogP contribution in [0, 0.1) is 5.41 Å². The molecule has 0 aromatic heterocycles. The van der Waals surface area contributed by atoms with Crippen molar-refractivity contribution in [3.05, 3.63) is 213 Å². The van der Waals surface area contributed by atoms with Crippen molar-refractivity contribution in [3.63, 3.8) is 0 Å². The highest BCUT2D eigenvalue weighted by molar-refractivity contribution is 5.98. The van der Waals surface area contributed by atoms with E-state index in [1.807, 2.05) is 0 Å². The van der Waals surface area contributed by atoms with E-state index in [2.05, 4.69) is 227 Å². The molecule has 5 aliphatic carbocycles. The van der Waals surface area contributed by atoms with Crippen LogP contribution in [0.5, 0.6) is 0 Å². The van der Waals surface area contributed by atoms with Crippen LogP contribution < -0.4 is 4.90 Å². The maximum Gasteiger partial charge on any atom is 0.0719 e. The third kappa shape index (κ3) is 6.24. The van der Waals surface area contributed by atoms with Crippen LogP contribution in [0.3, 0.4) is 0 Å². The predicted octanol–water partition coefficient (Wildman–Crippen LogP) is 17.4. The molecule has 5 aliphatic rings. The van der Waals surface area contributed by atoms with Gasteiger partial charge in [-0.2, -0.15) is 0 Å². The fraction of sp³-hybridized carbons (Fsp3) is 0.312. The molecule has 6 aromatic carbocycles. The van der Waals surface area contributed by atoms with Gasteiger partial charge in [-0.1, -0.05) is 203 Å². The number of anilines is 2. The van der Waals surface area contributed by atoms with E-state index >= 15 is 0 Å². The fourth-order valence-electron chi connectivity index (χ4n) is 12.3. The fourth-order valence-corrected chi connectivity index (χ4v) is 12.3. The van der Waals surface area contributed by atoms with Crippen LogP contribution in [-0.2, 0) is 21.7 Å². The Morgan fingerprint density at radius 3 is 1.60 bits per heavy atom. The van der Waals surface area contributed by atoms with Crippen LogP contribution in [0.15, 0.2) is 168 Å². The van der Waals surface area contributed by atoms with E-state index in [4.69, 9.17) is 0 Å². The average molecular weight is 848 g/mol. The lowest BCUT2D eigenvalue weighted by atomic mass is 9.65. The summed E-state index contributed by atoms with van der Waals surface area (Å²) in [5.41, 5.74) is 27.5. The van der Waals surface area contributed by atoms with Crippen molar-refractivity contribution in [2.24, 2.45) is 5.41 Å². The van der Waals surface area contributed by atoms with Gasteiger partial charge in [0, 0.05) is 22.4 Å². The normalized spacial score (nSPS) is 19.3. The first-order valence-corrected chi connectivity index (χ1v) is 24.3. The van der Waals surface area contributed by atoms with E-state index in [1.165, 1.54) is 101 Å². The average Bonchev–Trinajstić information content (AvgIpc) is 3.83. The summed E-state index contributed by atoms with van der Waals surface area (Å²) in [6.45, 7) is 26.3. The van der Waals surface area contributed by atoms with Crippen molar-refractivity contribution in [1.82, 2.24) is 0 Å². The molecule has 1 spiro atoms. The zero-order valence-corrected chi connectivity index (χ0v) is 40.6. The van der Waals surface area contributed by atoms with Crippen molar-refractivity contribution in [2.75, 3.05) is 4.90 Å². The number of hydrogen-bond acceptors (Lipinski definition) is 1. The Bertz CT molecular complexity index is 3070. The Balaban J connectivity index is 1.21. The topological polar surface area (TPSA) is 3.24 Å². The molecule has 0 N–H and O–H groups in total. The van der Waals surface area contributed by atoms with Crippen molar-refractivity contribution < 1.29 is 0 Å². The van der Waals surface area contributed by atoms with Crippen LogP contribution in [0.1, 0.15) is 146 Å². The molecule has 0 heterocycles. The SMILES string of the molecule is CC(C)(C)C1=CC2=C(CC1)c1ccc(C(C)(C)C)cc1C21C2=C(CCC(N(c3ccc4c(c3)C(C)(C)c3ccccc3-4)c3ccccc3-c3ccccc3)=C2)c2ccc(C(C)(C)C)cc21. The second-order valence-corrected chi connectivity index (χ2v) is 23.2. The van der Waals surface area contributed by atoms with Gasteiger partial charge >= 0.3 is 0 Å². The Labute approximate surface area is 389 Å². The molecular weight excluding hydrogens is 783 g/mol. The number of fused-ring (bicyclic) bond motifs is 11. The first kappa shape index (κ1) is 41.8. The highest BCUT2D eigenvalue weighted by atomic mass is 15.2. The van der Waals surface area contributed by atoms with Gasteiger partial charge in [0.15, 0.2) is 0 Å². The highest BCUT2D eigenvalue weighted by Crippen LogP contribution is 2.66. The molecule has 1 heteroatoms. The van der Waals surface area contributed by atoms with E-state index in [9.17, 15) is 0 Å². The summed E-state index contributed by atoms with van der Waals surface area (Å²) in [4.78, 5) is 2.65. The molecule has 0 saturated carbocycles. The van der Waals surface area contributed by atoms with Gasteiger partial charge in [0.1, 0.15) is 0 Å². The van der Waals surface area contributed by atoms with Gasteiger partial charge < -0.3 is 4.90 Å². The molecule has 1 nitrogen and oxygen atoms in total. The molecule has 0 amide bonds. The second kappa shape index (κ2) is 14.3. The van der Waals surface area contributed by atoms with Crippen LogP contribution in [-0.4, -0.2) is 0 Å². The molecule has 11 rings (SSSR count). The Morgan fingerprint density at radius 1 is 0.431 bits per heavy atom. The number of nitrogens with zero attached hydrogens (tertiary/aromatic N) is 1. The monoisotopic (exact) mass is 848 g/mol. The molecular formula is C64H65N. The quantitative estimate of drug-likeness (QED) is 0.171. The van der Waals surface area contributed by atoms with Gasteiger partial charge in [0.05, 0.1) is 11.1 Å². The van der Waals surface area contributed by atoms with E-state index in [-0.39, 0.29) is 21.7 Å². The van der Waals surface area contributed by atoms with Crippen molar-refractivity contribution in [3.8, 4) is 22.3 Å². The third-order valence-corrected chi connectivity index (χ3v) is 15.9. The summed E-state index contributed by atoms with van der Waals surface area (Å²) in [7, 11) is 0. The molecule has 1 atom stereocenters. The molecule has 0 radical (unpaired) electrons. The molecule has 0 saturated heterocycles. The van der Waals surface area contributed by atoms with E-state index < -0.39 is 5.41 Å². The highest BCUT2D eigenvalue weighted by Gasteiger charge is 2.55. The number of para-hydroxylation sites is 1. The van der Waals surface area contributed by atoms with Crippen LogP contribution in [0.25, 0.3) is 33.4 Å². The number of allylic oxidation sites excluding steroid dienone is 8. The largest absolute Gasteiger partial charge is 0.314 e. The Hall–Kier alpha value is -5.92. The number of hydrogen-bond donors (Lipinski definition) is 0. The summed E-state index contributed by atoms with van der Waals surface area (Å²) in [5, 5.41) is 0. The summed E-state index contributed by atoms with van der Waals surface area (Å²) in [6.07, 6.45) is 9.45. The molecule has 65 heavy (non-hydrogen) atoms. The van der Waals surface area contributed by atoms with Gasteiger partial charge in [-0.05, 0) is 150 Å². The lowest BCUT2D eigenvalue weighted by Gasteiger charge is -2.39.